The summed E-state index contributed by atoms with van der Waals surface area (Å²) in [6.07, 6.45) is 0.767. The monoisotopic (exact) mass is 454 g/mol. The van der Waals surface area contributed by atoms with E-state index in [1.165, 1.54) is 5.56 Å². The van der Waals surface area contributed by atoms with Gasteiger partial charge in [0.25, 0.3) is 0 Å². The maximum absolute atomic E-state index is 12.7. The molecule has 0 radical (unpaired) electrons. The molecule has 3 aromatic rings. The fourth-order valence-electron chi connectivity index (χ4n) is 3.93. The molecule has 32 heavy (non-hydrogen) atoms. The Labute approximate surface area is 190 Å². The molecule has 1 fully saturated rings. The number of nitrogens with zero attached hydrogens (tertiary/aromatic N) is 4. The summed E-state index contributed by atoms with van der Waals surface area (Å²) in [6, 6.07) is 13.3. The van der Waals surface area contributed by atoms with Crippen LogP contribution in [0.25, 0.3) is 11.4 Å². The van der Waals surface area contributed by atoms with Crippen molar-refractivity contribution in [2.24, 2.45) is 0 Å². The van der Waals surface area contributed by atoms with Crippen LogP contribution in [0, 0.1) is 0 Å². The molecule has 0 N–H and O–H groups in total. The first-order valence-electron chi connectivity index (χ1n) is 10.6. The lowest BCUT2D eigenvalue weighted by Crippen LogP contribution is -2.48. The van der Waals surface area contributed by atoms with Gasteiger partial charge >= 0.3 is 0 Å². The number of ether oxygens (including phenoxy) is 2. The minimum absolute atomic E-state index is 0.107. The SMILES string of the molecule is O=C(CCc1nc(-c2cccc(Cl)c2)no1)N1CCN(Cc2ccc3c(c2)OCO3)CC1. The average molecular weight is 455 g/mol. The Kier molecular flexibility index (Phi) is 5.96. The molecule has 1 aromatic heterocycles. The van der Waals surface area contributed by atoms with E-state index in [9.17, 15) is 4.79 Å². The number of hydrogen-bond donors (Lipinski definition) is 0. The van der Waals surface area contributed by atoms with Crippen LogP contribution < -0.4 is 9.47 Å². The van der Waals surface area contributed by atoms with Crippen LogP contribution in [0.5, 0.6) is 11.5 Å². The lowest BCUT2D eigenvalue weighted by Gasteiger charge is -2.34. The number of piperazine rings is 1. The smallest absolute Gasteiger partial charge is 0.231 e. The van der Waals surface area contributed by atoms with Crippen molar-refractivity contribution in [3.05, 3.63) is 58.9 Å². The standard InChI is InChI=1S/C23H23ClN4O4/c24-18-3-1-2-17(13-18)23-25-21(32-26-23)6-7-22(29)28-10-8-27(9-11-28)14-16-4-5-19-20(12-16)31-15-30-19/h1-5,12-13H,6-11,14-15H2. The zero-order chi connectivity index (χ0) is 21.9. The van der Waals surface area contributed by atoms with Crippen LogP contribution in [-0.4, -0.2) is 58.8 Å². The topological polar surface area (TPSA) is 80.9 Å². The molecule has 9 heteroatoms. The van der Waals surface area contributed by atoms with Gasteiger partial charge in [0.05, 0.1) is 0 Å². The minimum Gasteiger partial charge on any atom is -0.454 e. The van der Waals surface area contributed by atoms with Crippen LogP contribution >= 0.6 is 11.6 Å². The van der Waals surface area contributed by atoms with Crippen LogP contribution in [0.1, 0.15) is 17.9 Å². The molecule has 0 unspecified atom stereocenters. The Hall–Kier alpha value is -3.10. The number of hydrogen-bond acceptors (Lipinski definition) is 7. The Morgan fingerprint density at radius 1 is 1.03 bits per heavy atom. The van der Waals surface area contributed by atoms with Crippen LogP contribution in [-0.2, 0) is 17.8 Å². The predicted octanol–water partition coefficient (Wildman–Crippen LogP) is 3.40. The quantitative estimate of drug-likeness (QED) is 0.564. The molecular formula is C23H23ClN4O4. The summed E-state index contributed by atoms with van der Waals surface area (Å²) in [4.78, 5) is 21.3. The zero-order valence-corrected chi connectivity index (χ0v) is 18.3. The number of aromatic nitrogens is 2. The second-order valence-corrected chi connectivity index (χ2v) is 8.30. The van der Waals surface area contributed by atoms with Gasteiger partial charge in [0, 0.05) is 56.2 Å². The Morgan fingerprint density at radius 2 is 1.88 bits per heavy atom. The number of carbonyl (C=O) groups is 1. The molecule has 2 aromatic carbocycles. The van der Waals surface area contributed by atoms with Gasteiger partial charge in [0.2, 0.25) is 24.4 Å². The number of rotatable bonds is 6. The first kappa shape index (κ1) is 20.8. The van der Waals surface area contributed by atoms with Crippen molar-refractivity contribution in [1.29, 1.82) is 0 Å². The maximum Gasteiger partial charge on any atom is 0.231 e. The van der Waals surface area contributed by atoms with Gasteiger partial charge in [-0.3, -0.25) is 9.69 Å². The summed E-state index contributed by atoms with van der Waals surface area (Å²) in [6.45, 7) is 4.19. The van der Waals surface area contributed by atoms with Crippen molar-refractivity contribution in [2.75, 3.05) is 33.0 Å². The average Bonchev–Trinajstić information content (AvgIpc) is 3.47. The van der Waals surface area contributed by atoms with Gasteiger partial charge in [0.1, 0.15) is 0 Å². The summed E-state index contributed by atoms with van der Waals surface area (Å²) < 4.78 is 16.1. The first-order chi connectivity index (χ1) is 15.6. The zero-order valence-electron chi connectivity index (χ0n) is 17.5. The molecule has 8 nitrogen and oxygen atoms in total. The number of benzene rings is 2. The minimum atomic E-state index is 0.107. The first-order valence-corrected chi connectivity index (χ1v) is 11.0. The number of amides is 1. The molecule has 5 rings (SSSR count). The van der Waals surface area contributed by atoms with Crippen LogP contribution in [0.4, 0.5) is 0 Å². The van der Waals surface area contributed by atoms with Crippen LogP contribution in [0.2, 0.25) is 5.02 Å². The van der Waals surface area contributed by atoms with E-state index in [1.807, 2.05) is 29.2 Å². The summed E-state index contributed by atoms with van der Waals surface area (Å²) in [7, 11) is 0. The third-order valence-corrected chi connectivity index (χ3v) is 5.91. The Balaban J connectivity index is 1.09. The molecule has 3 heterocycles. The highest BCUT2D eigenvalue weighted by molar-refractivity contribution is 6.30. The molecule has 2 aliphatic heterocycles. The van der Waals surface area contributed by atoms with E-state index < -0.39 is 0 Å². The van der Waals surface area contributed by atoms with Gasteiger partial charge in [-0.2, -0.15) is 4.98 Å². The lowest BCUT2D eigenvalue weighted by atomic mass is 10.1. The normalized spacial score (nSPS) is 15.8. The number of carbonyl (C=O) groups excluding carboxylic acids is 1. The van der Waals surface area contributed by atoms with E-state index in [4.69, 9.17) is 25.6 Å². The van der Waals surface area contributed by atoms with E-state index in [1.54, 1.807) is 12.1 Å². The predicted molar refractivity (Wildman–Crippen MR) is 117 cm³/mol. The van der Waals surface area contributed by atoms with Gasteiger partial charge in [0.15, 0.2) is 11.5 Å². The van der Waals surface area contributed by atoms with Crippen molar-refractivity contribution in [3.8, 4) is 22.9 Å². The molecule has 0 spiro atoms. The van der Waals surface area contributed by atoms with E-state index in [0.717, 1.165) is 36.7 Å². The molecule has 0 aliphatic carbocycles. The molecule has 0 atom stereocenters. The van der Waals surface area contributed by atoms with Gasteiger partial charge in [-0.25, -0.2) is 0 Å². The van der Waals surface area contributed by atoms with E-state index in [-0.39, 0.29) is 12.7 Å². The molecule has 0 bridgehead atoms. The van der Waals surface area contributed by atoms with Crippen LogP contribution in [0.3, 0.4) is 0 Å². The van der Waals surface area contributed by atoms with Gasteiger partial charge in [-0.05, 0) is 29.8 Å². The molecule has 0 saturated carbocycles. The molecular weight excluding hydrogens is 432 g/mol. The summed E-state index contributed by atoms with van der Waals surface area (Å²) in [5, 5.41) is 4.61. The van der Waals surface area contributed by atoms with Gasteiger partial charge in [-0.1, -0.05) is 35.0 Å². The molecule has 166 valence electrons. The lowest BCUT2D eigenvalue weighted by molar-refractivity contribution is -0.133. The fourth-order valence-corrected chi connectivity index (χ4v) is 4.12. The van der Waals surface area contributed by atoms with Crippen molar-refractivity contribution < 1.29 is 18.8 Å². The third-order valence-electron chi connectivity index (χ3n) is 5.67. The highest BCUT2D eigenvalue weighted by Gasteiger charge is 2.22. The van der Waals surface area contributed by atoms with Crippen molar-refractivity contribution in [3.63, 3.8) is 0 Å². The highest BCUT2D eigenvalue weighted by atomic mass is 35.5. The van der Waals surface area contributed by atoms with Gasteiger partial charge in [-0.15, -0.1) is 0 Å². The largest absolute Gasteiger partial charge is 0.454 e. The molecule has 1 saturated heterocycles. The maximum atomic E-state index is 12.7. The number of halogens is 1. The van der Waals surface area contributed by atoms with Crippen LogP contribution in [0.15, 0.2) is 47.0 Å². The third kappa shape index (κ3) is 4.71. The summed E-state index contributed by atoms with van der Waals surface area (Å²) in [5.74, 6) is 2.64. The Morgan fingerprint density at radius 3 is 2.72 bits per heavy atom. The highest BCUT2D eigenvalue weighted by Crippen LogP contribution is 2.32. The fraction of sp³-hybridized carbons (Fsp3) is 0.348. The summed E-state index contributed by atoms with van der Waals surface area (Å²) in [5.41, 5.74) is 1.97. The van der Waals surface area contributed by atoms with Crippen molar-refractivity contribution in [1.82, 2.24) is 19.9 Å². The second kappa shape index (κ2) is 9.18. The van der Waals surface area contributed by atoms with E-state index in [2.05, 4.69) is 21.1 Å². The van der Waals surface area contributed by atoms with Crippen molar-refractivity contribution >= 4 is 17.5 Å². The van der Waals surface area contributed by atoms with Gasteiger partial charge < -0.3 is 18.9 Å². The molecule has 1 amide bonds. The Bertz CT molecular complexity index is 1110. The van der Waals surface area contributed by atoms with E-state index in [0.29, 0.717) is 42.7 Å². The van der Waals surface area contributed by atoms with Crippen molar-refractivity contribution in [2.45, 2.75) is 19.4 Å². The van der Waals surface area contributed by atoms with E-state index >= 15 is 0 Å². The second-order valence-electron chi connectivity index (χ2n) is 7.87. The number of aryl methyl sites for hydroxylation is 1. The molecule has 2 aliphatic rings. The summed E-state index contributed by atoms with van der Waals surface area (Å²) >= 11 is 6.02. The number of fused-ring (bicyclic) bond motifs is 1.